The summed E-state index contributed by atoms with van der Waals surface area (Å²) >= 11 is 0. The molecule has 3 nitrogen and oxygen atoms in total. The van der Waals surface area contributed by atoms with Gasteiger partial charge < -0.3 is 5.73 Å². The summed E-state index contributed by atoms with van der Waals surface area (Å²) in [6.07, 6.45) is 4.70. The largest absolute Gasteiger partial charge is 0.326 e. The molecule has 2 unspecified atom stereocenters. The van der Waals surface area contributed by atoms with E-state index in [2.05, 4.69) is 43.2 Å². The van der Waals surface area contributed by atoms with Gasteiger partial charge in [0.1, 0.15) is 0 Å². The molecule has 0 spiro atoms. The lowest BCUT2D eigenvalue weighted by Crippen LogP contribution is -2.32. The normalized spacial score (nSPS) is 14.5. The topological polar surface area (TPSA) is 43.8 Å². The molecule has 2 N–H and O–H groups in total. The van der Waals surface area contributed by atoms with Crippen LogP contribution in [-0.4, -0.2) is 15.8 Å². The van der Waals surface area contributed by atoms with Crippen molar-refractivity contribution in [1.29, 1.82) is 0 Å². The standard InChI is InChI=1S/C14H19N3/c1-3-13(15)14(17-10-4-9-16-17)12-7-5-11(2)6-8-12/h4-10,13-14H,3,15H2,1-2H3. The van der Waals surface area contributed by atoms with Gasteiger partial charge in [-0.3, -0.25) is 4.68 Å². The fourth-order valence-corrected chi connectivity index (χ4v) is 2.03. The van der Waals surface area contributed by atoms with E-state index in [1.165, 1.54) is 11.1 Å². The van der Waals surface area contributed by atoms with Crippen LogP contribution in [0.4, 0.5) is 0 Å². The second-order valence-corrected chi connectivity index (χ2v) is 4.41. The number of aromatic nitrogens is 2. The summed E-state index contributed by atoms with van der Waals surface area (Å²) in [7, 11) is 0. The van der Waals surface area contributed by atoms with E-state index in [0.29, 0.717) is 0 Å². The molecule has 0 aliphatic rings. The Balaban J connectivity index is 2.37. The molecule has 0 bridgehead atoms. The van der Waals surface area contributed by atoms with Gasteiger partial charge in [0.25, 0.3) is 0 Å². The first kappa shape index (κ1) is 11.9. The van der Waals surface area contributed by atoms with Crippen molar-refractivity contribution in [1.82, 2.24) is 9.78 Å². The second kappa shape index (κ2) is 5.15. The van der Waals surface area contributed by atoms with Crippen LogP contribution >= 0.6 is 0 Å². The molecule has 0 radical (unpaired) electrons. The number of benzene rings is 1. The van der Waals surface area contributed by atoms with Crippen LogP contribution in [0.5, 0.6) is 0 Å². The summed E-state index contributed by atoms with van der Waals surface area (Å²) in [6, 6.07) is 10.6. The van der Waals surface area contributed by atoms with Crippen molar-refractivity contribution >= 4 is 0 Å². The lowest BCUT2D eigenvalue weighted by atomic mass is 9.97. The molecule has 1 aromatic carbocycles. The van der Waals surface area contributed by atoms with Crippen LogP contribution in [0.15, 0.2) is 42.7 Å². The average molecular weight is 229 g/mol. The van der Waals surface area contributed by atoms with Crippen molar-refractivity contribution in [2.45, 2.75) is 32.4 Å². The number of aryl methyl sites for hydroxylation is 1. The Morgan fingerprint density at radius 3 is 2.53 bits per heavy atom. The Bertz CT molecular complexity index is 445. The third kappa shape index (κ3) is 2.56. The first-order valence-electron chi connectivity index (χ1n) is 6.03. The maximum absolute atomic E-state index is 6.22. The highest BCUT2D eigenvalue weighted by molar-refractivity contribution is 5.25. The maximum Gasteiger partial charge on any atom is 0.0919 e. The van der Waals surface area contributed by atoms with Gasteiger partial charge in [-0.05, 0) is 25.0 Å². The van der Waals surface area contributed by atoms with E-state index in [1.54, 1.807) is 6.20 Å². The molecule has 1 aromatic heterocycles. The molecule has 0 fully saturated rings. The molecule has 2 aromatic rings. The molecule has 0 saturated heterocycles. The third-order valence-electron chi connectivity index (χ3n) is 3.11. The summed E-state index contributed by atoms with van der Waals surface area (Å²) in [4.78, 5) is 0. The van der Waals surface area contributed by atoms with E-state index in [9.17, 15) is 0 Å². The minimum Gasteiger partial charge on any atom is -0.326 e. The van der Waals surface area contributed by atoms with Gasteiger partial charge in [0.05, 0.1) is 6.04 Å². The van der Waals surface area contributed by atoms with Crippen LogP contribution in [0.2, 0.25) is 0 Å². The van der Waals surface area contributed by atoms with Gasteiger partial charge in [-0.1, -0.05) is 36.8 Å². The Labute approximate surface area is 102 Å². The van der Waals surface area contributed by atoms with Gasteiger partial charge in [0.15, 0.2) is 0 Å². The molecule has 2 rings (SSSR count). The SMILES string of the molecule is CCC(N)C(c1ccc(C)cc1)n1cccn1. The highest BCUT2D eigenvalue weighted by Gasteiger charge is 2.20. The van der Waals surface area contributed by atoms with E-state index in [0.717, 1.165) is 6.42 Å². The zero-order valence-corrected chi connectivity index (χ0v) is 10.4. The van der Waals surface area contributed by atoms with Crippen LogP contribution in [0.3, 0.4) is 0 Å². The van der Waals surface area contributed by atoms with Gasteiger partial charge in [-0.2, -0.15) is 5.10 Å². The van der Waals surface area contributed by atoms with Crippen molar-refractivity contribution in [2.75, 3.05) is 0 Å². The number of hydrogen-bond acceptors (Lipinski definition) is 2. The smallest absolute Gasteiger partial charge is 0.0919 e. The highest BCUT2D eigenvalue weighted by atomic mass is 15.3. The van der Waals surface area contributed by atoms with Crippen molar-refractivity contribution in [2.24, 2.45) is 5.73 Å². The van der Waals surface area contributed by atoms with Crippen molar-refractivity contribution in [3.05, 3.63) is 53.9 Å². The highest BCUT2D eigenvalue weighted by Crippen LogP contribution is 2.22. The quantitative estimate of drug-likeness (QED) is 0.875. The Morgan fingerprint density at radius 1 is 1.29 bits per heavy atom. The molecule has 0 aliphatic carbocycles. The zero-order chi connectivity index (χ0) is 12.3. The Morgan fingerprint density at radius 2 is 2.00 bits per heavy atom. The van der Waals surface area contributed by atoms with E-state index in [1.807, 2.05) is 16.9 Å². The number of nitrogens with two attached hydrogens (primary N) is 1. The summed E-state index contributed by atoms with van der Waals surface area (Å²) < 4.78 is 1.94. The van der Waals surface area contributed by atoms with Crippen molar-refractivity contribution < 1.29 is 0 Å². The lowest BCUT2D eigenvalue weighted by Gasteiger charge is -2.24. The van der Waals surface area contributed by atoms with Gasteiger partial charge >= 0.3 is 0 Å². The molecule has 1 heterocycles. The third-order valence-corrected chi connectivity index (χ3v) is 3.11. The fourth-order valence-electron chi connectivity index (χ4n) is 2.03. The van der Waals surface area contributed by atoms with Crippen LogP contribution in [0.25, 0.3) is 0 Å². The predicted octanol–water partition coefficient (Wildman–Crippen LogP) is 2.52. The maximum atomic E-state index is 6.22. The first-order chi connectivity index (χ1) is 8.22. The predicted molar refractivity (Wildman–Crippen MR) is 69.8 cm³/mol. The Hall–Kier alpha value is -1.61. The number of nitrogens with zero attached hydrogens (tertiary/aromatic N) is 2. The van der Waals surface area contributed by atoms with Crippen molar-refractivity contribution in [3.8, 4) is 0 Å². The Kier molecular flexibility index (Phi) is 3.59. The lowest BCUT2D eigenvalue weighted by molar-refractivity contribution is 0.424. The van der Waals surface area contributed by atoms with Crippen molar-refractivity contribution in [3.63, 3.8) is 0 Å². The van der Waals surface area contributed by atoms with E-state index in [4.69, 9.17) is 5.73 Å². The monoisotopic (exact) mass is 229 g/mol. The minimum atomic E-state index is 0.0811. The summed E-state index contributed by atoms with van der Waals surface area (Å²) in [5.74, 6) is 0. The fraction of sp³-hybridized carbons (Fsp3) is 0.357. The second-order valence-electron chi connectivity index (χ2n) is 4.41. The molecule has 17 heavy (non-hydrogen) atoms. The average Bonchev–Trinajstić information content (AvgIpc) is 2.85. The number of rotatable bonds is 4. The molecule has 0 amide bonds. The summed E-state index contributed by atoms with van der Waals surface area (Å²) in [5, 5.41) is 4.32. The molecule has 0 saturated carbocycles. The number of hydrogen-bond donors (Lipinski definition) is 1. The van der Waals surface area contributed by atoms with Gasteiger partial charge in [-0.25, -0.2) is 0 Å². The van der Waals surface area contributed by atoms with E-state index in [-0.39, 0.29) is 12.1 Å². The first-order valence-corrected chi connectivity index (χ1v) is 6.03. The van der Waals surface area contributed by atoms with Gasteiger partial charge in [0.2, 0.25) is 0 Å². The zero-order valence-electron chi connectivity index (χ0n) is 10.4. The van der Waals surface area contributed by atoms with Crippen LogP contribution < -0.4 is 5.73 Å². The summed E-state index contributed by atoms with van der Waals surface area (Å²) in [6.45, 7) is 4.20. The van der Waals surface area contributed by atoms with Gasteiger partial charge in [-0.15, -0.1) is 0 Å². The summed E-state index contributed by atoms with van der Waals surface area (Å²) in [5.41, 5.74) is 8.70. The molecule has 3 heteroatoms. The minimum absolute atomic E-state index is 0.0811. The van der Waals surface area contributed by atoms with Crippen LogP contribution in [0, 0.1) is 6.92 Å². The van der Waals surface area contributed by atoms with E-state index < -0.39 is 0 Å². The van der Waals surface area contributed by atoms with Crippen LogP contribution in [-0.2, 0) is 0 Å². The molecular formula is C14H19N3. The van der Waals surface area contributed by atoms with Crippen LogP contribution in [0.1, 0.15) is 30.5 Å². The molecular weight excluding hydrogens is 210 g/mol. The molecule has 90 valence electrons. The molecule has 0 aliphatic heterocycles. The molecule has 2 atom stereocenters. The van der Waals surface area contributed by atoms with Gasteiger partial charge in [0, 0.05) is 18.4 Å². The van der Waals surface area contributed by atoms with E-state index >= 15 is 0 Å².